The van der Waals surface area contributed by atoms with Crippen molar-refractivity contribution < 1.29 is 33.4 Å². The number of anilines is 2. The van der Waals surface area contributed by atoms with Crippen molar-refractivity contribution in [2.45, 2.75) is 6.92 Å². The van der Waals surface area contributed by atoms with E-state index in [1.165, 1.54) is 37.5 Å². The molecule has 1 heterocycles. The minimum absolute atomic E-state index is 0.156. The summed E-state index contributed by atoms with van der Waals surface area (Å²) in [6.07, 6.45) is 1.32. The number of hydrogen-bond donors (Lipinski definition) is 2. The van der Waals surface area contributed by atoms with Gasteiger partial charge in [-0.3, -0.25) is 19.7 Å². The molecule has 1 aliphatic rings. The molecule has 3 aromatic rings. The van der Waals surface area contributed by atoms with Gasteiger partial charge in [0.25, 0.3) is 17.7 Å². The van der Waals surface area contributed by atoms with E-state index in [1.54, 1.807) is 18.2 Å². The topological polar surface area (TPSA) is 131 Å². The van der Waals surface area contributed by atoms with E-state index in [2.05, 4.69) is 47.2 Å². The fourth-order valence-corrected chi connectivity index (χ4v) is 5.23. The van der Waals surface area contributed by atoms with Crippen molar-refractivity contribution >= 4 is 79.0 Å². The fraction of sp³-hybridized carbons (Fsp3) is 0.107. The number of benzene rings is 3. The molecule has 1 saturated heterocycles. The first kappa shape index (κ1) is 28.7. The zero-order valence-electron chi connectivity index (χ0n) is 21.1. The Hall–Kier alpha value is -4.29. The molecule has 1 aliphatic heterocycles. The number of halogens is 2. The molecule has 4 rings (SSSR count). The minimum atomic E-state index is -0.923. The first-order valence-corrected chi connectivity index (χ1v) is 13.2. The van der Waals surface area contributed by atoms with Gasteiger partial charge in [0.1, 0.15) is 11.3 Å². The summed E-state index contributed by atoms with van der Waals surface area (Å²) in [6, 6.07) is 15.2. The third kappa shape index (κ3) is 6.46. The molecule has 3 aromatic carbocycles. The molecule has 0 atom stereocenters. The van der Waals surface area contributed by atoms with Gasteiger partial charge in [-0.05, 0) is 105 Å². The average molecular weight is 671 g/mol. The molecular formula is C28H21Br2N3O7. The van der Waals surface area contributed by atoms with Crippen LogP contribution in [0.5, 0.6) is 5.75 Å². The van der Waals surface area contributed by atoms with Crippen molar-refractivity contribution in [2.75, 3.05) is 23.9 Å². The Labute approximate surface area is 245 Å². The van der Waals surface area contributed by atoms with E-state index in [9.17, 15) is 24.0 Å². The highest BCUT2D eigenvalue weighted by Gasteiger charge is 2.37. The van der Waals surface area contributed by atoms with Crippen LogP contribution in [0.15, 0.2) is 75.2 Å². The van der Waals surface area contributed by atoms with E-state index in [4.69, 9.17) is 4.74 Å². The van der Waals surface area contributed by atoms with Crippen molar-refractivity contribution in [3.63, 3.8) is 0 Å². The number of esters is 1. The van der Waals surface area contributed by atoms with Crippen LogP contribution < -0.4 is 20.3 Å². The molecule has 0 saturated carbocycles. The molecule has 2 N–H and O–H groups in total. The molecule has 0 radical (unpaired) electrons. The van der Waals surface area contributed by atoms with E-state index < -0.39 is 23.8 Å². The van der Waals surface area contributed by atoms with Gasteiger partial charge >= 0.3 is 12.0 Å². The maximum absolute atomic E-state index is 13.2. The third-order valence-electron chi connectivity index (χ3n) is 5.63. The van der Waals surface area contributed by atoms with Crippen molar-refractivity contribution in [3.05, 3.63) is 91.9 Å². The van der Waals surface area contributed by atoms with Crippen LogP contribution in [0.3, 0.4) is 0 Å². The number of carbonyl (C=O) groups is 5. The normalized spacial score (nSPS) is 14.2. The van der Waals surface area contributed by atoms with Crippen LogP contribution in [0.4, 0.5) is 16.2 Å². The number of carbonyl (C=O) groups excluding carboxylic acids is 5. The number of hydrogen-bond acceptors (Lipinski definition) is 7. The standard InChI is InChI=1S/C28H21Br2N3O7/c1-15-4-3-5-18(10-15)31-23(34)14-40-24-21(29)12-16(13-22(24)30)11-20-25(35)32-28(38)33(26(20)36)19-8-6-17(7-9-19)27(37)39-2/h3-13H,14H2,1-2H3,(H,31,34)(H,32,35,38)/b20-11-. The van der Waals surface area contributed by atoms with Gasteiger partial charge in [-0.2, -0.15) is 0 Å². The predicted octanol–water partition coefficient (Wildman–Crippen LogP) is 4.99. The Bertz CT molecular complexity index is 1550. The Morgan fingerprint density at radius 2 is 1.68 bits per heavy atom. The number of urea groups is 1. The molecule has 0 aromatic heterocycles. The smallest absolute Gasteiger partial charge is 0.337 e. The van der Waals surface area contributed by atoms with Crippen LogP contribution in [0, 0.1) is 6.92 Å². The van der Waals surface area contributed by atoms with Crippen molar-refractivity contribution in [1.29, 1.82) is 0 Å². The number of rotatable bonds is 7. The molecule has 10 nitrogen and oxygen atoms in total. The van der Waals surface area contributed by atoms with E-state index in [1.807, 2.05) is 25.1 Å². The van der Waals surface area contributed by atoms with Crippen LogP contribution in [0.2, 0.25) is 0 Å². The number of ether oxygens (including phenoxy) is 2. The second-order valence-electron chi connectivity index (χ2n) is 8.52. The Balaban J connectivity index is 1.52. The van der Waals surface area contributed by atoms with Gasteiger partial charge in [0.15, 0.2) is 6.61 Å². The first-order chi connectivity index (χ1) is 19.1. The van der Waals surface area contributed by atoms with Crippen LogP contribution in [-0.4, -0.2) is 43.4 Å². The van der Waals surface area contributed by atoms with Crippen LogP contribution in [0.1, 0.15) is 21.5 Å². The Morgan fingerprint density at radius 1 is 1.00 bits per heavy atom. The SMILES string of the molecule is COC(=O)c1ccc(N2C(=O)NC(=O)/C(=C/c3cc(Br)c(OCC(=O)Nc4cccc(C)c4)c(Br)c3)C2=O)cc1. The number of nitrogens with one attached hydrogen (secondary N) is 2. The zero-order chi connectivity index (χ0) is 29.0. The number of aryl methyl sites for hydroxylation is 1. The van der Waals surface area contributed by atoms with E-state index >= 15 is 0 Å². The number of barbiturate groups is 1. The molecule has 0 unspecified atom stereocenters. The highest BCUT2D eigenvalue weighted by Crippen LogP contribution is 2.36. The monoisotopic (exact) mass is 669 g/mol. The van der Waals surface area contributed by atoms with E-state index in [-0.39, 0.29) is 29.3 Å². The Morgan fingerprint density at radius 3 is 2.30 bits per heavy atom. The van der Waals surface area contributed by atoms with Gasteiger partial charge in [0.2, 0.25) is 0 Å². The quantitative estimate of drug-likeness (QED) is 0.206. The molecular weight excluding hydrogens is 650 g/mol. The van der Waals surface area contributed by atoms with Gasteiger partial charge in [-0.25, -0.2) is 14.5 Å². The van der Waals surface area contributed by atoms with Gasteiger partial charge < -0.3 is 14.8 Å². The molecule has 0 spiro atoms. The second kappa shape index (κ2) is 12.3. The van der Waals surface area contributed by atoms with Crippen LogP contribution in [0.25, 0.3) is 6.08 Å². The van der Waals surface area contributed by atoms with Gasteiger partial charge in [0.05, 0.1) is 27.3 Å². The predicted molar refractivity (Wildman–Crippen MR) is 154 cm³/mol. The second-order valence-corrected chi connectivity index (χ2v) is 10.2. The molecule has 204 valence electrons. The maximum Gasteiger partial charge on any atom is 0.337 e. The van der Waals surface area contributed by atoms with Gasteiger partial charge in [0, 0.05) is 5.69 Å². The number of imide groups is 2. The highest BCUT2D eigenvalue weighted by atomic mass is 79.9. The summed E-state index contributed by atoms with van der Waals surface area (Å²) >= 11 is 6.80. The lowest BCUT2D eigenvalue weighted by atomic mass is 10.1. The zero-order valence-corrected chi connectivity index (χ0v) is 24.3. The maximum atomic E-state index is 13.2. The summed E-state index contributed by atoms with van der Waals surface area (Å²) < 4.78 is 11.2. The summed E-state index contributed by atoms with van der Waals surface area (Å²) in [5.74, 6) is -2.31. The first-order valence-electron chi connectivity index (χ1n) is 11.7. The summed E-state index contributed by atoms with van der Waals surface area (Å²) in [6.45, 7) is 1.65. The van der Waals surface area contributed by atoms with E-state index in [0.717, 1.165) is 10.5 Å². The lowest BCUT2D eigenvalue weighted by Crippen LogP contribution is -2.54. The number of methoxy groups -OCH3 is 1. The number of nitrogens with zero attached hydrogens (tertiary/aromatic N) is 1. The molecule has 5 amide bonds. The lowest BCUT2D eigenvalue weighted by Gasteiger charge is -2.26. The molecule has 40 heavy (non-hydrogen) atoms. The fourth-order valence-electron chi connectivity index (χ4n) is 3.78. The van der Waals surface area contributed by atoms with Crippen molar-refractivity contribution in [1.82, 2.24) is 5.32 Å². The largest absolute Gasteiger partial charge is 0.481 e. The van der Waals surface area contributed by atoms with Crippen LogP contribution >= 0.6 is 31.9 Å². The number of amides is 5. The van der Waals surface area contributed by atoms with Crippen molar-refractivity contribution in [3.8, 4) is 5.75 Å². The molecule has 0 aliphatic carbocycles. The van der Waals surface area contributed by atoms with Crippen LogP contribution in [-0.2, 0) is 19.1 Å². The molecule has 1 fully saturated rings. The summed E-state index contributed by atoms with van der Waals surface area (Å²) in [5.41, 5.74) is 2.18. The minimum Gasteiger partial charge on any atom is -0.481 e. The summed E-state index contributed by atoms with van der Waals surface area (Å²) in [7, 11) is 1.24. The average Bonchev–Trinajstić information content (AvgIpc) is 2.90. The van der Waals surface area contributed by atoms with Gasteiger partial charge in [-0.15, -0.1) is 0 Å². The van der Waals surface area contributed by atoms with Gasteiger partial charge in [-0.1, -0.05) is 12.1 Å². The summed E-state index contributed by atoms with van der Waals surface area (Å²) in [4.78, 5) is 63.1. The molecule has 0 bridgehead atoms. The Kier molecular flexibility index (Phi) is 8.80. The third-order valence-corrected chi connectivity index (χ3v) is 6.81. The van der Waals surface area contributed by atoms with Crippen molar-refractivity contribution in [2.24, 2.45) is 0 Å². The summed E-state index contributed by atoms with van der Waals surface area (Å²) in [5, 5.41) is 4.91. The lowest BCUT2D eigenvalue weighted by molar-refractivity contribution is -0.122. The highest BCUT2D eigenvalue weighted by molar-refractivity contribution is 9.11. The molecule has 12 heteroatoms. The van der Waals surface area contributed by atoms with E-state index in [0.29, 0.717) is 25.9 Å².